The Morgan fingerprint density at radius 2 is 1.87 bits per heavy atom. The number of thiophene rings is 1. The first-order valence-electron chi connectivity index (χ1n) is 10.8. The van der Waals surface area contributed by atoms with Gasteiger partial charge in [0.25, 0.3) is 11.5 Å². The minimum atomic E-state index is -0.745. The minimum Gasteiger partial charge on any atom is -0.506 e. The van der Waals surface area contributed by atoms with E-state index in [0.29, 0.717) is 16.8 Å². The molecule has 0 atom stereocenters. The molecule has 3 rings (SSSR count). The van der Waals surface area contributed by atoms with Gasteiger partial charge in [0.1, 0.15) is 16.1 Å². The fourth-order valence-corrected chi connectivity index (χ4v) is 4.60. The lowest BCUT2D eigenvalue weighted by molar-refractivity contribution is -0.136. The molecule has 0 saturated carbocycles. The predicted molar refractivity (Wildman–Crippen MR) is 123 cm³/mol. The number of carbonyl (C=O) groups excluding carboxylic acids is 1. The van der Waals surface area contributed by atoms with Crippen LogP contribution < -0.4 is 10.9 Å². The van der Waals surface area contributed by atoms with E-state index in [0.717, 1.165) is 26.1 Å². The summed E-state index contributed by atoms with van der Waals surface area (Å²) in [5, 5.41) is 23.4. The zero-order chi connectivity index (χ0) is 23.0. The van der Waals surface area contributed by atoms with Crippen LogP contribution in [0.1, 0.15) is 69.3 Å². The molecule has 1 saturated heterocycles. The highest BCUT2D eigenvalue weighted by Gasteiger charge is 2.23. The number of rotatable bonds is 7. The van der Waals surface area contributed by atoms with Crippen LogP contribution >= 0.6 is 11.3 Å². The number of aromatic hydroxyl groups is 1. The van der Waals surface area contributed by atoms with Crippen LogP contribution in [0.25, 0.3) is 10.2 Å². The van der Waals surface area contributed by atoms with Gasteiger partial charge >= 0.3 is 5.97 Å². The summed E-state index contributed by atoms with van der Waals surface area (Å²) in [5.74, 6) is -1.45. The van der Waals surface area contributed by atoms with Gasteiger partial charge in [-0.15, -0.1) is 11.3 Å². The number of hydrogen-bond donors (Lipinski definition) is 3. The number of nitrogens with zero attached hydrogens (tertiary/aromatic N) is 2. The molecule has 172 valence electrons. The van der Waals surface area contributed by atoms with Crippen molar-refractivity contribution in [3.05, 3.63) is 27.4 Å². The molecule has 1 aliphatic rings. The number of nitrogens with one attached hydrogen (secondary N) is 1. The number of hydrogen-bond acceptors (Lipinski definition) is 6. The third-order valence-electron chi connectivity index (χ3n) is 5.22. The maximum atomic E-state index is 12.8. The van der Waals surface area contributed by atoms with Crippen LogP contribution in [0.15, 0.2) is 16.2 Å². The lowest BCUT2D eigenvalue weighted by Crippen LogP contribution is -2.36. The Kier molecular flexibility index (Phi) is 9.51. The lowest BCUT2D eigenvalue weighted by Gasteiger charge is -2.26. The summed E-state index contributed by atoms with van der Waals surface area (Å²) in [6, 6.07) is 1.66. The molecule has 8 nitrogen and oxygen atoms in total. The smallest absolute Gasteiger partial charge is 0.303 e. The van der Waals surface area contributed by atoms with E-state index >= 15 is 0 Å². The van der Waals surface area contributed by atoms with Gasteiger partial charge in [-0.1, -0.05) is 13.3 Å². The van der Waals surface area contributed by atoms with Crippen molar-refractivity contribution in [3.63, 3.8) is 0 Å². The van der Waals surface area contributed by atoms with Crippen LogP contribution in [-0.2, 0) is 4.79 Å². The predicted octanol–water partition coefficient (Wildman–Crippen LogP) is 3.44. The zero-order valence-electron chi connectivity index (χ0n) is 18.5. The van der Waals surface area contributed by atoms with Gasteiger partial charge in [0, 0.05) is 19.0 Å². The van der Waals surface area contributed by atoms with E-state index in [9.17, 15) is 19.5 Å². The van der Waals surface area contributed by atoms with Crippen LogP contribution in [-0.4, -0.2) is 57.7 Å². The van der Waals surface area contributed by atoms with E-state index in [1.165, 1.54) is 30.6 Å². The molecule has 0 aliphatic carbocycles. The summed E-state index contributed by atoms with van der Waals surface area (Å²) in [6.45, 7) is 9.10. The normalized spacial score (nSPS) is 14.3. The van der Waals surface area contributed by atoms with Gasteiger partial charge in [-0.25, -0.2) is 0 Å². The number of aromatic nitrogens is 1. The summed E-state index contributed by atoms with van der Waals surface area (Å²) < 4.78 is 1.59. The number of aliphatic carboxylic acids is 1. The van der Waals surface area contributed by atoms with Crippen molar-refractivity contribution in [1.82, 2.24) is 14.8 Å². The quantitative estimate of drug-likeness (QED) is 0.556. The van der Waals surface area contributed by atoms with Crippen molar-refractivity contribution in [2.24, 2.45) is 0 Å². The lowest BCUT2D eigenvalue weighted by atomic mass is 10.1. The molecular formula is C22H33N3O5S. The molecule has 0 unspecified atom stereocenters. The van der Waals surface area contributed by atoms with Gasteiger partial charge in [-0.05, 0) is 64.2 Å². The van der Waals surface area contributed by atoms with E-state index in [1.807, 2.05) is 19.2 Å². The summed E-state index contributed by atoms with van der Waals surface area (Å²) in [7, 11) is 0. The average Bonchev–Trinajstić information content (AvgIpc) is 3.22. The summed E-state index contributed by atoms with van der Waals surface area (Å²) in [6.07, 6.45) is 4.86. The fourth-order valence-electron chi connectivity index (χ4n) is 3.57. The van der Waals surface area contributed by atoms with Crippen LogP contribution in [0.3, 0.4) is 0 Å². The van der Waals surface area contributed by atoms with Crippen LogP contribution in [0, 0.1) is 0 Å². The van der Waals surface area contributed by atoms with E-state index in [-0.39, 0.29) is 23.8 Å². The molecule has 0 radical (unpaired) electrons. The van der Waals surface area contributed by atoms with Crippen molar-refractivity contribution in [2.75, 3.05) is 26.2 Å². The Morgan fingerprint density at radius 3 is 2.45 bits per heavy atom. The second-order valence-electron chi connectivity index (χ2n) is 7.89. The highest BCUT2D eigenvalue weighted by molar-refractivity contribution is 7.16. The van der Waals surface area contributed by atoms with Crippen molar-refractivity contribution < 1.29 is 19.8 Å². The molecule has 3 N–H and O–H groups in total. The molecule has 9 heteroatoms. The number of carboxylic acid groups (broad SMARTS) is 1. The largest absolute Gasteiger partial charge is 0.506 e. The Morgan fingerprint density at radius 1 is 1.23 bits per heavy atom. The first-order valence-corrected chi connectivity index (χ1v) is 11.7. The van der Waals surface area contributed by atoms with Crippen LogP contribution in [0.2, 0.25) is 0 Å². The molecule has 1 amide bonds. The topological polar surface area (TPSA) is 112 Å². The summed E-state index contributed by atoms with van der Waals surface area (Å²) in [5.41, 5.74) is -0.580. The van der Waals surface area contributed by atoms with Crippen molar-refractivity contribution >= 4 is 33.4 Å². The minimum absolute atomic E-state index is 0.0881. The fraction of sp³-hybridized carbons (Fsp3) is 0.591. The zero-order valence-corrected chi connectivity index (χ0v) is 19.3. The standard InChI is InChI=1S/C19H27N3O3S.C3H6O2/c1-13(2)22-18(25)15(16(23)14-7-12-26-19(14)22)17(24)20-8-6-11-21-9-4-3-5-10-21;1-2-3(4)5/h7,12-13,23H,3-6,8-11H2,1-2H3,(H,20,24);2H2,1H3,(H,4,5). The molecular weight excluding hydrogens is 418 g/mol. The van der Waals surface area contributed by atoms with E-state index in [4.69, 9.17) is 5.11 Å². The summed E-state index contributed by atoms with van der Waals surface area (Å²) in [4.78, 5) is 37.9. The average molecular weight is 452 g/mol. The second kappa shape index (κ2) is 11.9. The number of likely N-dealkylation sites (tertiary alicyclic amines) is 1. The van der Waals surface area contributed by atoms with E-state index in [2.05, 4.69) is 10.2 Å². The molecule has 0 aromatic carbocycles. The number of carbonyl (C=O) groups is 2. The number of piperidine rings is 1. The number of fused-ring (bicyclic) bond motifs is 1. The van der Waals surface area contributed by atoms with Gasteiger partial charge in [-0.2, -0.15) is 0 Å². The van der Waals surface area contributed by atoms with Gasteiger partial charge in [-0.3, -0.25) is 19.0 Å². The first-order chi connectivity index (χ1) is 14.8. The number of amides is 1. The molecule has 1 aliphatic heterocycles. The van der Waals surface area contributed by atoms with E-state index < -0.39 is 17.4 Å². The SMILES string of the molecule is CC(C)n1c(=O)c(C(=O)NCCCN2CCCCC2)c(O)c2ccsc21.CCC(=O)O. The third kappa shape index (κ3) is 6.54. The molecule has 0 bridgehead atoms. The maximum absolute atomic E-state index is 12.8. The Balaban J connectivity index is 0.000000614. The molecule has 0 spiro atoms. The molecule has 31 heavy (non-hydrogen) atoms. The number of carboxylic acids is 1. The molecule has 3 heterocycles. The van der Waals surface area contributed by atoms with Gasteiger partial charge in [0.05, 0.1) is 5.39 Å². The Labute approximate surface area is 186 Å². The van der Waals surface area contributed by atoms with Gasteiger partial charge < -0.3 is 20.4 Å². The summed E-state index contributed by atoms with van der Waals surface area (Å²) >= 11 is 1.39. The first kappa shape index (κ1) is 24.9. The Bertz CT molecular complexity index is 945. The molecule has 1 fully saturated rings. The second-order valence-corrected chi connectivity index (χ2v) is 8.79. The van der Waals surface area contributed by atoms with Gasteiger partial charge in [0.15, 0.2) is 0 Å². The third-order valence-corrected chi connectivity index (χ3v) is 6.13. The van der Waals surface area contributed by atoms with E-state index in [1.54, 1.807) is 17.6 Å². The van der Waals surface area contributed by atoms with Crippen molar-refractivity contribution in [3.8, 4) is 5.75 Å². The van der Waals surface area contributed by atoms with Crippen LogP contribution in [0.5, 0.6) is 5.75 Å². The number of pyridine rings is 1. The maximum Gasteiger partial charge on any atom is 0.303 e. The Hall–Kier alpha value is -2.39. The van der Waals surface area contributed by atoms with Crippen molar-refractivity contribution in [2.45, 2.75) is 58.9 Å². The monoisotopic (exact) mass is 451 g/mol. The highest BCUT2D eigenvalue weighted by atomic mass is 32.1. The molecule has 2 aromatic rings. The van der Waals surface area contributed by atoms with Crippen molar-refractivity contribution in [1.29, 1.82) is 0 Å². The highest BCUT2D eigenvalue weighted by Crippen LogP contribution is 2.31. The van der Waals surface area contributed by atoms with Gasteiger partial charge in [0.2, 0.25) is 0 Å². The van der Waals surface area contributed by atoms with Crippen LogP contribution in [0.4, 0.5) is 0 Å². The molecule has 2 aromatic heterocycles.